The van der Waals surface area contributed by atoms with E-state index >= 15 is 0 Å². The number of hydrogen-bond acceptors (Lipinski definition) is 2. The van der Waals surface area contributed by atoms with Gasteiger partial charge in [-0.1, -0.05) is 20.3 Å². The van der Waals surface area contributed by atoms with Gasteiger partial charge in [-0.3, -0.25) is 4.79 Å². The molecule has 0 radical (unpaired) electrons. The molecule has 0 bridgehead atoms. The molecule has 1 heterocycles. The van der Waals surface area contributed by atoms with Crippen molar-refractivity contribution in [2.45, 2.75) is 59.0 Å². The maximum absolute atomic E-state index is 12.0. The minimum Gasteiger partial charge on any atom is -0.459 e. The van der Waals surface area contributed by atoms with Gasteiger partial charge in [-0.25, -0.2) is 0 Å². The minimum atomic E-state index is -0.298. The summed E-state index contributed by atoms with van der Waals surface area (Å²) in [7, 11) is 0. The van der Waals surface area contributed by atoms with Crippen molar-refractivity contribution in [1.29, 1.82) is 0 Å². The molecule has 100 valence electrons. The van der Waals surface area contributed by atoms with Crippen LogP contribution >= 0.6 is 0 Å². The lowest BCUT2D eigenvalue weighted by Gasteiger charge is -2.36. The van der Waals surface area contributed by atoms with Gasteiger partial charge >= 0.3 is 5.97 Å². The van der Waals surface area contributed by atoms with E-state index in [-0.39, 0.29) is 17.5 Å². The number of nitrogens with two attached hydrogens (primary N) is 1. The Bertz CT molecular complexity index is 245. The zero-order valence-corrected chi connectivity index (χ0v) is 11.8. The Hall–Kier alpha value is -0.570. The molecule has 1 aliphatic rings. The molecular formula is C14H28NO2+. The monoisotopic (exact) mass is 242 g/mol. The summed E-state index contributed by atoms with van der Waals surface area (Å²) in [6, 6.07) is 0. The quantitative estimate of drug-likeness (QED) is 0.746. The normalized spacial score (nSPS) is 20.0. The van der Waals surface area contributed by atoms with E-state index in [4.69, 9.17) is 4.74 Å². The van der Waals surface area contributed by atoms with Gasteiger partial charge in [0.25, 0.3) is 0 Å². The van der Waals surface area contributed by atoms with Gasteiger partial charge in [0.15, 0.2) is 0 Å². The lowest BCUT2D eigenvalue weighted by Crippen LogP contribution is -2.86. The molecule has 1 aliphatic heterocycles. The van der Waals surface area contributed by atoms with Crippen molar-refractivity contribution in [3.05, 3.63) is 0 Å². The first-order valence-electron chi connectivity index (χ1n) is 7.02. The van der Waals surface area contributed by atoms with E-state index in [0.717, 1.165) is 38.8 Å². The third-order valence-electron chi connectivity index (χ3n) is 3.91. The molecule has 1 fully saturated rings. The van der Waals surface area contributed by atoms with Crippen LogP contribution in [0.3, 0.4) is 0 Å². The van der Waals surface area contributed by atoms with E-state index in [1.165, 1.54) is 0 Å². The molecule has 1 atom stereocenters. The fraction of sp³-hybridized carbons (Fsp3) is 0.929. The highest BCUT2D eigenvalue weighted by Gasteiger charge is 2.36. The predicted molar refractivity (Wildman–Crippen MR) is 68.6 cm³/mol. The van der Waals surface area contributed by atoms with Crippen molar-refractivity contribution in [3.8, 4) is 0 Å². The second-order valence-corrected chi connectivity index (χ2v) is 5.85. The molecule has 0 aromatic carbocycles. The number of piperidine rings is 1. The van der Waals surface area contributed by atoms with Crippen molar-refractivity contribution < 1.29 is 14.8 Å². The van der Waals surface area contributed by atoms with Gasteiger partial charge in [-0.05, 0) is 20.3 Å². The number of ether oxygens (including phenoxy) is 1. The van der Waals surface area contributed by atoms with E-state index in [0.29, 0.717) is 5.92 Å². The standard InChI is InChI=1S/C14H27NO2/c1-5-6-11(2)13(16)17-14(3,4)12-7-9-15-10-8-12/h11-12,15H,5-10H2,1-4H3/p+1. The number of hydrogen-bond donors (Lipinski definition) is 1. The molecule has 0 aromatic heterocycles. The number of esters is 1. The van der Waals surface area contributed by atoms with Crippen molar-refractivity contribution in [1.82, 2.24) is 0 Å². The highest BCUT2D eigenvalue weighted by molar-refractivity contribution is 5.72. The summed E-state index contributed by atoms with van der Waals surface area (Å²) >= 11 is 0. The maximum atomic E-state index is 12.0. The van der Waals surface area contributed by atoms with Gasteiger partial charge in [0.1, 0.15) is 5.60 Å². The van der Waals surface area contributed by atoms with Crippen molar-refractivity contribution >= 4 is 5.97 Å². The third-order valence-corrected chi connectivity index (χ3v) is 3.91. The zero-order chi connectivity index (χ0) is 12.9. The van der Waals surface area contributed by atoms with Gasteiger partial charge in [-0.2, -0.15) is 0 Å². The zero-order valence-electron chi connectivity index (χ0n) is 11.8. The molecule has 1 unspecified atom stereocenters. The molecule has 1 saturated heterocycles. The lowest BCUT2D eigenvalue weighted by molar-refractivity contribution is -0.665. The van der Waals surface area contributed by atoms with Crippen LogP contribution < -0.4 is 5.32 Å². The topological polar surface area (TPSA) is 42.9 Å². The first kappa shape index (κ1) is 14.5. The van der Waals surface area contributed by atoms with E-state index in [9.17, 15) is 4.79 Å². The molecule has 0 spiro atoms. The molecule has 1 rings (SSSR count). The Morgan fingerprint density at radius 1 is 1.41 bits per heavy atom. The lowest BCUT2D eigenvalue weighted by atomic mass is 9.83. The van der Waals surface area contributed by atoms with Crippen molar-refractivity contribution in [2.24, 2.45) is 11.8 Å². The van der Waals surface area contributed by atoms with Crippen LogP contribution in [-0.4, -0.2) is 24.7 Å². The summed E-state index contributed by atoms with van der Waals surface area (Å²) in [6.45, 7) is 10.5. The Balaban J connectivity index is 2.49. The predicted octanol–water partition coefficient (Wildman–Crippen LogP) is 1.72. The molecule has 0 aromatic rings. The van der Waals surface area contributed by atoms with Gasteiger partial charge in [0, 0.05) is 18.8 Å². The first-order valence-corrected chi connectivity index (χ1v) is 7.02. The van der Waals surface area contributed by atoms with Crippen LogP contribution in [-0.2, 0) is 9.53 Å². The van der Waals surface area contributed by atoms with Gasteiger partial charge in [-0.15, -0.1) is 0 Å². The van der Waals surface area contributed by atoms with Crippen LogP contribution in [0.25, 0.3) is 0 Å². The van der Waals surface area contributed by atoms with E-state index < -0.39 is 0 Å². The van der Waals surface area contributed by atoms with Crippen molar-refractivity contribution in [2.75, 3.05) is 13.1 Å². The number of carbonyl (C=O) groups excluding carboxylic acids is 1. The van der Waals surface area contributed by atoms with Gasteiger partial charge < -0.3 is 10.1 Å². The van der Waals surface area contributed by atoms with Crippen LogP contribution in [0.5, 0.6) is 0 Å². The SMILES string of the molecule is CCCC(C)C(=O)OC(C)(C)C1CC[NH2+]CC1. The first-order chi connectivity index (χ1) is 7.97. The second-order valence-electron chi connectivity index (χ2n) is 5.85. The summed E-state index contributed by atoms with van der Waals surface area (Å²) in [5.41, 5.74) is -0.298. The van der Waals surface area contributed by atoms with Crippen LogP contribution in [0, 0.1) is 11.8 Å². The Morgan fingerprint density at radius 2 is 2.00 bits per heavy atom. The van der Waals surface area contributed by atoms with Crippen LogP contribution in [0.1, 0.15) is 53.4 Å². The molecule has 17 heavy (non-hydrogen) atoms. The summed E-state index contributed by atoms with van der Waals surface area (Å²) in [5, 5.41) is 2.34. The van der Waals surface area contributed by atoms with E-state index in [1.54, 1.807) is 0 Å². The summed E-state index contributed by atoms with van der Waals surface area (Å²) < 4.78 is 5.74. The molecule has 0 saturated carbocycles. The molecular weight excluding hydrogens is 214 g/mol. The van der Waals surface area contributed by atoms with Crippen LogP contribution in [0.4, 0.5) is 0 Å². The average molecular weight is 242 g/mol. The molecule has 3 nitrogen and oxygen atoms in total. The maximum Gasteiger partial charge on any atom is 0.309 e. The van der Waals surface area contributed by atoms with Gasteiger partial charge in [0.2, 0.25) is 0 Å². The summed E-state index contributed by atoms with van der Waals surface area (Å²) in [6.07, 6.45) is 4.27. The fourth-order valence-corrected chi connectivity index (χ4v) is 2.62. The Kier molecular flexibility index (Phi) is 5.44. The average Bonchev–Trinajstić information content (AvgIpc) is 2.30. The Morgan fingerprint density at radius 3 is 2.53 bits per heavy atom. The summed E-state index contributed by atoms with van der Waals surface area (Å²) in [5.74, 6) is 0.533. The van der Waals surface area contributed by atoms with E-state index in [2.05, 4.69) is 26.1 Å². The van der Waals surface area contributed by atoms with Crippen LogP contribution in [0.2, 0.25) is 0 Å². The highest BCUT2D eigenvalue weighted by Crippen LogP contribution is 2.29. The molecule has 2 N–H and O–H groups in total. The second kappa shape index (κ2) is 6.39. The fourth-order valence-electron chi connectivity index (χ4n) is 2.62. The molecule has 0 amide bonds. The number of carbonyl (C=O) groups is 1. The van der Waals surface area contributed by atoms with Crippen LogP contribution in [0.15, 0.2) is 0 Å². The largest absolute Gasteiger partial charge is 0.459 e. The highest BCUT2D eigenvalue weighted by atomic mass is 16.6. The van der Waals surface area contributed by atoms with E-state index in [1.807, 2.05) is 6.92 Å². The Labute approximate surface area is 105 Å². The van der Waals surface area contributed by atoms with Gasteiger partial charge in [0.05, 0.1) is 19.0 Å². The molecule has 0 aliphatic carbocycles. The number of rotatable bonds is 5. The number of quaternary nitrogens is 1. The van der Waals surface area contributed by atoms with Crippen molar-refractivity contribution in [3.63, 3.8) is 0 Å². The molecule has 3 heteroatoms. The smallest absolute Gasteiger partial charge is 0.309 e. The summed E-state index contributed by atoms with van der Waals surface area (Å²) in [4.78, 5) is 12.0. The third kappa shape index (κ3) is 4.30. The minimum absolute atomic E-state index is 0.0218.